The molecule has 0 saturated carbocycles. The molecule has 0 unspecified atom stereocenters. The molecule has 0 radical (unpaired) electrons. The van der Waals surface area contributed by atoms with Crippen molar-refractivity contribution in [2.24, 2.45) is 10.5 Å². The third kappa shape index (κ3) is 4.63. The molecule has 152 valence electrons. The number of aryl methyl sites for hydroxylation is 2. The summed E-state index contributed by atoms with van der Waals surface area (Å²) in [5.41, 5.74) is 3.01. The summed E-state index contributed by atoms with van der Waals surface area (Å²) < 4.78 is 38.8. The highest BCUT2D eigenvalue weighted by Crippen LogP contribution is 2.21. The van der Waals surface area contributed by atoms with Gasteiger partial charge in [-0.15, -0.1) is 10.0 Å². The number of sulfonamides is 1. The van der Waals surface area contributed by atoms with E-state index in [1.165, 1.54) is 16.8 Å². The van der Waals surface area contributed by atoms with E-state index in [2.05, 4.69) is 20.3 Å². The molecular weight excluding hydrogens is 401 g/mol. The summed E-state index contributed by atoms with van der Waals surface area (Å²) in [5.74, 6) is -0.338. The smallest absolute Gasteiger partial charge is 0.238 e. The van der Waals surface area contributed by atoms with Crippen molar-refractivity contribution >= 4 is 10.0 Å². The zero-order valence-corrected chi connectivity index (χ0v) is 16.5. The molecule has 3 rings (SSSR count). The van der Waals surface area contributed by atoms with Gasteiger partial charge < -0.3 is 4.84 Å². The Balaban J connectivity index is 2.09. The lowest BCUT2D eigenvalue weighted by atomic mass is 10.0. The number of nitrogens with zero attached hydrogens (tertiary/aromatic N) is 4. The Bertz CT molecular complexity index is 1180. The monoisotopic (exact) mass is 419 g/mol. The van der Waals surface area contributed by atoms with E-state index in [0.29, 0.717) is 12.2 Å². The van der Waals surface area contributed by atoms with E-state index >= 15 is 0 Å². The van der Waals surface area contributed by atoms with Gasteiger partial charge in [0, 0.05) is 6.42 Å². The van der Waals surface area contributed by atoms with E-state index < -0.39 is 15.8 Å². The Morgan fingerprint density at radius 1 is 1.21 bits per heavy atom. The molecule has 0 bridgehead atoms. The van der Waals surface area contributed by atoms with Gasteiger partial charge in [0.15, 0.2) is 17.8 Å². The van der Waals surface area contributed by atoms with Crippen LogP contribution < -0.4 is 5.14 Å². The van der Waals surface area contributed by atoms with Crippen molar-refractivity contribution < 1.29 is 17.6 Å². The van der Waals surface area contributed by atoms with E-state index in [-0.39, 0.29) is 23.0 Å². The van der Waals surface area contributed by atoms with E-state index in [0.717, 1.165) is 22.8 Å². The zero-order chi connectivity index (χ0) is 21.2. The lowest BCUT2D eigenvalue weighted by Crippen LogP contribution is -2.13. The van der Waals surface area contributed by atoms with Crippen molar-refractivity contribution in [2.75, 3.05) is 0 Å². The molecule has 0 amide bonds. The van der Waals surface area contributed by atoms with E-state index in [1.54, 1.807) is 0 Å². The molecule has 2 N–H and O–H groups in total. The summed E-state index contributed by atoms with van der Waals surface area (Å²) in [6, 6.07) is 9.17. The molecule has 0 aliphatic rings. The summed E-state index contributed by atoms with van der Waals surface area (Å²) in [7, 11) is -4.05. The van der Waals surface area contributed by atoms with Crippen LogP contribution in [0, 0.1) is 24.6 Å². The van der Waals surface area contributed by atoms with Gasteiger partial charge in [0.2, 0.25) is 10.0 Å². The molecule has 0 atom stereocenters. The minimum atomic E-state index is -4.05. The fraction of sp³-hybridized carbons (Fsp3) is 0.222. The molecule has 1 aromatic heterocycles. The summed E-state index contributed by atoms with van der Waals surface area (Å²) in [5, 5.41) is 11.5. The highest BCUT2D eigenvalue weighted by atomic mass is 32.2. The van der Waals surface area contributed by atoms with Gasteiger partial charge in [-0.3, -0.25) is 0 Å². The molecule has 1 heterocycles. The van der Waals surface area contributed by atoms with Gasteiger partial charge in [0.25, 0.3) is 0 Å². The van der Waals surface area contributed by atoms with Crippen molar-refractivity contribution in [1.82, 2.24) is 14.8 Å². The molecule has 0 saturated heterocycles. The maximum Gasteiger partial charge on any atom is 0.238 e. The summed E-state index contributed by atoms with van der Waals surface area (Å²) in [6.07, 6.45) is 0.325. The van der Waals surface area contributed by atoms with Gasteiger partial charge in [-0.05, 0) is 43.2 Å². The van der Waals surface area contributed by atoms with Gasteiger partial charge in [-0.25, -0.2) is 27.6 Å². The van der Waals surface area contributed by atoms with Crippen LogP contribution in [0.15, 0.2) is 46.6 Å². The minimum Gasteiger partial charge on any atom is -0.356 e. The number of primary sulfonamides is 1. The minimum absolute atomic E-state index is 0.0180. The number of nitrogens with two attached hydrogens (primary N) is 1. The third-order valence-corrected chi connectivity index (χ3v) is 5.20. The average Bonchev–Trinajstić information content (AvgIpc) is 3.04. The first-order valence-corrected chi connectivity index (χ1v) is 10.0. The number of hydrogen-bond donors (Lipinski definition) is 1. The predicted octanol–water partition coefficient (Wildman–Crippen LogP) is 2.46. The van der Waals surface area contributed by atoms with E-state index in [1.807, 2.05) is 32.0 Å². The SMILES string of the molecule is Cc1ccc(C)c(Cc2nc(CON=O)nn2-c2ccc(S(N)(=O)=O)cc2F)c1. The molecule has 9 nitrogen and oxygen atoms in total. The third-order valence-electron chi connectivity index (χ3n) is 4.29. The Morgan fingerprint density at radius 2 is 1.97 bits per heavy atom. The molecule has 0 aliphatic heterocycles. The summed E-state index contributed by atoms with van der Waals surface area (Å²) in [4.78, 5) is 18.7. The molecule has 3 aromatic rings. The van der Waals surface area contributed by atoms with Crippen LogP contribution >= 0.6 is 0 Å². The second kappa shape index (κ2) is 8.05. The first-order valence-electron chi connectivity index (χ1n) is 8.47. The van der Waals surface area contributed by atoms with Crippen LogP contribution in [0.2, 0.25) is 0 Å². The maximum atomic E-state index is 14.7. The fourth-order valence-electron chi connectivity index (χ4n) is 2.84. The van der Waals surface area contributed by atoms with Gasteiger partial charge in [0.1, 0.15) is 17.3 Å². The average molecular weight is 419 g/mol. The van der Waals surface area contributed by atoms with Crippen LogP contribution in [0.1, 0.15) is 28.3 Å². The number of halogens is 1. The number of rotatable bonds is 7. The first kappa shape index (κ1) is 20.6. The highest BCUT2D eigenvalue weighted by molar-refractivity contribution is 7.89. The van der Waals surface area contributed by atoms with Gasteiger partial charge in [0.05, 0.1) is 4.90 Å². The second-order valence-corrected chi connectivity index (χ2v) is 8.03. The molecule has 11 heteroatoms. The largest absolute Gasteiger partial charge is 0.356 e. The second-order valence-electron chi connectivity index (χ2n) is 6.47. The van der Waals surface area contributed by atoms with Crippen LogP contribution in [0.5, 0.6) is 0 Å². The van der Waals surface area contributed by atoms with Crippen molar-refractivity contribution in [2.45, 2.75) is 31.8 Å². The molecule has 0 spiro atoms. The lowest BCUT2D eigenvalue weighted by Gasteiger charge is -2.10. The summed E-state index contributed by atoms with van der Waals surface area (Å²) >= 11 is 0. The fourth-order valence-corrected chi connectivity index (χ4v) is 3.37. The molecular formula is C18H18FN5O4S. The molecule has 29 heavy (non-hydrogen) atoms. The topological polar surface area (TPSA) is 130 Å². The zero-order valence-electron chi connectivity index (χ0n) is 15.7. The lowest BCUT2D eigenvalue weighted by molar-refractivity contribution is 0.120. The molecule has 0 aliphatic carbocycles. The first-order chi connectivity index (χ1) is 13.7. The number of aromatic nitrogens is 3. The Kier molecular flexibility index (Phi) is 5.71. The van der Waals surface area contributed by atoms with Crippen molar-refractivity contribution in [1.29, 1.82) is 0 Å². The van der Waals surface area contributed by atoms with E-state index in [9.17, 15) is 17.7 Å². The predicted molar refractivity (Wildman–Crippen MR) is 102 cm³/mol. The molecule has 2 aromatic carbocycles. The van der Waals surface area contributed by atoms with Gasteiger partial charge in [-0.1, -0.05) is 23.8 Å². The van der Waals surface area contributed by atoms with Crippen LogP contribution in [0.3, 0.4) is 0 Å². The Morgan fingerprint density at radius 3 is 2.62 bits per heavy atom. The van der Waals surface area contributed by atoms with Crippen molar-refractivity contribution in [3.05, 3.63) is 75.5 Å². The van der Waals surface area contributed by atoms with Crippen LogP contribution in [0.25, 0.3) is 5.69 Å². The van der Waals surface area contributed by atoms with Crippen molar-refractivity contribution in [3.8, 4) is 5.69 Å². The standard InChI is InChI=1S/C18H18FN5O4S/c1-11-3-4-12(2)13(7-11)8-18-21-17(10-28-23-25)22-24(18)16-6-5-14(9-15(16)19)29(20,26)27/h3-7,9H,8,10H2,1-2H3,(H2,20,26,27). The van der Waals surface area contributed by atoms with Crippen LogP contribution in [-0.4, -0.2) is 23.2 Å². The quantitative estimate of drug-likeness (QED) is 0.462. The van der Waals surface area contributed by atoms with Gasteiger partial charge >= 0.3 is 0 Å². The molecule has 0 fully saturated rings. The normalized spacial score (nSPS) is 11.4. The summed E-state index contributed by atoms with van der Waals surface area (Å²) in [6.45, 7) is 3.61. The Hall–Kier alpha value is -3.18. The highest BCUT2D eigenvalue weighted by Gasteiger charge is 2.19. The number of hydrogen-bond acceptors (Lipinski definition) is 7. The Labute approximate surface area is 166 Å². The number of benzene rings is 2. The maximum absolute atomic E-state index is 14.7. The van der Waals surface area contributed by atoms with Gasteiger partial charge in [-0.2, -0.15) is 0 Å². The van der Waals surface area contributed by atoms with Crippen LogP contribution in [-0.2, 0) is 27.9 Å². The van der Waals surface area contributed by atoms with E-state index in [4.69, 9.17) is 5.14 Å². The van der Waals surface area contributed by atoms with Crippen molar-refractivity contribution in [3.63, 3.8) is 0 Å². The van der Waals surface area contributed by atoms with Crippen LogP contribution in [0.4, 0.5) is 4.39 Å².